The highest BCUT2D eigenvalue weighted by molar-refractivity contribution is 7.71. The summed E-state index contributed by atoms with van der Waals surface area (Å²) in [6, 6.07) is 11.6. The van der Waals surface area contributed by atoms with E-state index in [9.17, 15) is 13.2 Å². The van der Waals surface area contributed by atoms with E-state index in [0.717, 1.165) is 12.1 Å². The van der Waals surface area contributed by atoms with E-state index in [1.165, 1.54) is 23.0 Å². The second-order valence-corrected chi connectivity index (χ2v) is 5.86. The Morgan fingerprint density at radius 1 is 1.16 bits per heavy atom. The molecular weight excluding hydrogens is 373 g/mol. The molecule has 128 valence electrons. The molecule has 0 atom stereocenters. The Balaban J connectivity index is 1.92. The molecule has 1 aromatic heterocycles. The Labute approximate surface area is 150 Å². The Kier molecular flexibility index (Phi) is 4.73. The number of hydrogen-bond acceptors (Lipinski definition) is 3. The Hall–Kier alpha value is -2.45. The summed E-state index contributed by atoms with van der Waals surface area (Å²) in [6.45, 7) is 0. The normalized spacial score (nSPS) is 12.0. The number of alkyl halides is 3. The third-order valence-corrected chi connectivity index (χ3v) is 3.79. The van der Waals surface area contributed by atoms with Gasteiger partial charge in [-0.25, -0.2) is 5.10 Å². The number of nitrogens with zero attached hydrogens (tertiary/aromatic N) is 3. The van der Waals surface area contributed by atoms with E-state index in [1.54, 1.807) is 24.3 Å². The second-order valence-electron chi connectivity index (χ2n) is 5.04. The van der Waals surface area contributed by atoms with Crippen molar-refractivity contribution in [2.45, 2.75) is 6.18 Å². The van der Waals surface area contributed by atoms with Crippen LogP contribution in [0.2, 0.25) is 5.02 Å². The molecule has 0 aliphatic carbocycles. The van der Waals surface area contributed by atoms with Crippen molar-refractivity contribution in [3.05, 3.63) is 69.5 Å². The van der Waals surface area contributed by atoms with Gasteiger partial charge in [0.05, 0.1) is 11.8 Å². The lowest BCUT2D eigenvalue weighted by Crippen LogP contribution is -2.04. The molecule has 0 aliphatic heterocycles. The molecule has 3 aromatic rings. The lowest BCUT2D eigenvalue weighted by atomic mass is 10.1. The molecular formula is C16H10ClF3N4S. The minimum Gasteiger partial charge on any atom is -0.250 e. The molecule has 3 rings (SSSR count). The van der Waals surface area contributed by atoms with Gasteiger partial charge in [0.15, 0.2) is 5.82 Å². The van der Waals surface area contributed by atoms with Gasteiger partial charge >= 0.3 is 6.18 Å². The predicted molar refractivity (Wildman–Crippen MR) is 92.3 cm³/mol. The quantitative estimate of drug-likeness (QED) is 0.502. The van der Waals surface area contributed by atoms with Gasteiger partial charge in [-0.3, -0.25) is 0 Å². The number of H-pyrrole nitrogens is 1. The van der Waals surface area contributed by atoms with Gasteiger partial charge in [-0.2, -0.15) is 28.0 Å². The van der Waals surface area contributed by atoms with E-state index in [0.29, 0.717) is 22.0 Å². The molecule has 1 heterocycles. The standard InChI is InChI=1S/C16H10ClF3N4S/c17-13-3-1-2-11(8-13)14-22-23-15(25)24(14)21-9-10-4-6-12(7-5-10)16(18,19)20/h1-9H,(H,23,25)/b21-9-. The van der Waals surface area contributed by atoms with Gasteiger partial charge in [-0.1, -0.05) is 35.9 Å². The van der Waals surface area contributed by atoms with Crippen LogP contribution in [0.15, 0.2) is 53.6 Å². The molecule has 0 bridgehead atoms. The minimum atomic E-state index is -4.37. The van der Waals surface area contributed by atoms with Crippen molar-refractivity contribution in [1.29, 1.82) is 0 Å². The molecule has 0 radical (unpaired) electrons. The summed E-state index contributed by atoms with van der Waals surface area (Å²) in [6.07, 6.45) is -2.97. The summed E-state index contributed by atoms with van der Waals surface area (Å²) < 4.78 is 39.4. The molecule has 0 spiro atoms. The largest absolute Gasteiger partial charge is 0.416 e. The van der Waals surface area contributed by atoms with Gasteiger partial charge in [0, 0.05) is 10.6 Å². The van der Waals surface area contributed by atoms with Gasteiger partial charge < -0.3 is 0 Å². The fourth-order valence-electron chi connectivity index (χ4n) is 2.10. The highest BCUT2D eigenvalue weighted by Crippen LogP contribution is 2.29. The van der Waals surface area contributed by atoms with Crippen LogP contribution in [-0.2, 0) is 6.18 Å². The van der Waals surface area contributed by atoms with Crippen LogP contribution in [0.5, 0.6) is 0 Å². The van der Waals surface area contributed by atoms with Crippen LogP contribution in [0.3, 0.4) is 0 Å². The summed E-state index contributed by atoms with van der Waals surface area (Å²) in [5.74, 6) is 0.440. The van der Waals surface area contributed by atoms with Crippen molar-refractivity contribution in [1.82, 2.24) is 14.9 Å². The first-order valence-electron chi connectivity index (χ1n) is 6.99. The molecule has 0 amide bonds. The lowest BCUT2D eigenvalue weighted by molar-refractivity contribution is -0.137. The smallest absolute Gasteiger partial charge is 0.250 e. The summed E-state index contributed by atoms with van der Waals surface area (Å²) in [5.41, 5.74) is 0.474. The third-order valence-electron chi connectivity index (χ3n) is 3.29. The third kappa shape index (κ3) is 3.97. The maximum Gasteiger partial charge on any atom is 0.416 e. The number of nitrogens with one attached hydrogen (secondary N) is 1. The van der Waals surface area contributed by atoms with Crippen LogP contribution in [-0.4, -0.2) is 21.1 Å². The van der Waals surface area contributed by atoms with Crippen molar-refractivity contribution in [3.8, 4) is 11.4 Å². The molecule has 9 heteroatoms. The van der Waals surface area contributed by atoms with Crippen LogP contribution in [0.25, 0.3) is 11.4 Å². The van der Waals surface area contributed by atoms with Crippen LogP contribution < -0.4 is 0 Å². The molecule has 0 aliphatic rings. The van der Waals surface area contributed by atoms with Crippen LogP contribution >= 0.6 is 23.8 Å². The Morgan fingerprint density at radius 2 is 1.88 bits per heavy atom. The summed E-state index contributed by atoms with van der Waals surface area (Å²) in [4.78, 5) is 0. The van der Waals surface area contributed by atoms with Crippen molar-refractivity contribution in [2.75, 3.05) is 0 Å². The maximum absolute atomic E-state index is 12.6. The van der Waals surface area contributed by atoms with Gasteiger partial charge in [-0.05, 0) is 42.0 Å². The fraction of sp³-hybridized carbons (Fsp3) is 0.0625. The molecule has 4 nitrogen and oxygen atoms in total. The monoisotopic (exact) mass is 382 g/mol. The average molecular weight is 383 g/mol. The summed E-state index contributed by atoms with van der Waals surface area (Å²) >= 11 is 11.1. The zero-order chi connectivity index (χ0) is 18.0. The van der Waals surface area contributed by atoms with E-state index in [4.69, 9.17) is 23.8 Å². The van der Waals surface area contributed by atoms with Crippen molar-refractivity contribution < 1.29 is 13.2 Å². The molecule has 0 saturated heterocycles. The van der Waals surface area contributed by atoms with E-state index >= 15 is 0 Å². The topological polar surface area (TPSA) is 46.0 Å². The van der Waals surface area contributed by atoms with E-state index in [-0.39, 0.29) is 4.77 Å². The second kappa shape index (κ2) is 6.81. The Morgan fingerprint density at radius 3 is 2.52 bits per heavy atom. The van der Waals surface area contributed by atoms with Gasteiger partial charge in [0.25, 0.3) is 0 Å². The molecule has 25 heavy (non-hydrogen) atoms. The number of aromatic amines is 1. The predicted octanol–water partition coefficient (Wildman–Crippen LogP) is 5.16. The zero-order valence-electron chi connectivity index (χ0n) is 12.5. The minimum absolute atomic E-state index is 0.248. The molecule has 0 unspecified atom stereocenters. The first-order chi connectivity index (χ1) is 11.8. The first-order valence-corrected chi connectivity index (χ1v) is 7.78. The van der Waals surface area contributed by atoms with E-state index < -0.39 is 11.7 Å². The van der Waals surface area contributed by atoms with E-state index in [1.807, 2.05) is 0 Å². The fourth-order valence-corrected chi connectivity index (χ4v) is 2.47. The Bertz CT molecular complexity index is 974. The number of halogens is 4. The summed E-state index contributed by atoms with van der Waals surface area (Å²) in [5, 5.41) is 11.5. The number of rotatable bonds is 3. The number of benzene rings is 2. The van der Waals surface area contributed by atoms with Gasteiger partial charge in [0.2, 0.25) is 4.77 Å². The highest BCUT2D eigenvalue weighted by Gasteiger charge is 2.29. The first kappa shape index (κ1) is 17.4. The number of aromatic nitrogens is 3. The van der Waals surface area contributed by atoms with Crippen molar-refractivity contribution in [3.63, 3.8) is 0 Å². The number of hydrogen-bond donors (Lipinski definition) is 1. The summed E-state index contributed by atoms with van der Waals surface area (Å²) in [7, 11) is 0. The highest BCUT2D eigenvalue weighted by atomic mass is 35.5. The lowest BCUT2D eigenvalue weighted by Gasteiger charge is -2.06. The van der Waals surface area contributed by atoms with Crippen molar-refractivity contribution >= 4 is 30.0 Å². The van der Waals surface area contributed by atoms with Crippen LogP contribution in [0.4, 0.5) is 13.2 Å². The SMILES string of the molecule is FC(F)(F)c1ccc(/C=N\n2c(-c3cccc(Cl)c3)n[nH]c2=S)cc1. The zero-order valence-corrected chi connectivity index (χ0v) is 14.0. The van der Waals surface area contributed by atoms with Crippen LogP contribution in [0.1, 0.15) is 11.1 Å². The molecule has 0 fully saturated rings. The van der Waals surface area contributed by atoms with Crippen molar-refractivity contribution in [2.24, 2.45) is 5.10 Å². The van der Waals surface area contributed by atoms with Gasteiger partial charge in [-0.15, -0.1) is 0 Å². The molecule has 1 N–H and O–H groups in total. The van der Waals surface area contributed by atoms with Crippen LogP contribution in [0, 0.1) is 4.77 Å². The average Bonchev–Trinajstić information content (AvgIpc) is 2.93. The van der Waals surface area contributed by atoms with Gasteiger partial charge in [0.1, 0.15) is 0 Å². The molecule has 0 saturated carbocycles. The molecule has 2 aromatic carbocycles. The maximum atomic E-state index is 12.6. The van der Waals surface area contributed by atoms with E-state index in [2.05, 4.69) is 15.3 Å².